The molecule has 31 heteroatoms. The van der Waals surface area contributed by atoms with Gasteiger partial charge in [0.15, 0.2) is 12.6 Å². The Morgan fingerprint density at radius 2 is 1.14 bits per heavy atom. The van der Waals surface area contributed by atoms with Crippen LogP contribution in [0.15, 0.2) is 24.3 Å². The number of carboxylic acids is 2. The van der Waals surface area contributed by atoms with Gasteiger partial charge in [-0.25, -0.2) is 9.59 Å². The highest BCUT2D eigenvalue weighted by Gasteiger charge is 2.62. The van der Waals surface area contributed by atoms with E-state index in [0.29, 0.717) is 0 Å². The number of carbonyl (C=O) groups excluding carboxylic acids is 1. The van der Waals surface area contributed by atoms with Crippen LogP contribution in [0.1, 0.15) is 39.2 Å². The maximum Gasteiger partial charge on any atom is 0.364 e. The Balaban J connectivity index is 1.37. The number of aliphatic hydroxyl groups is 15. The number of aryl methyl sites for hydroxylation is 1. The van der Waals surface area contributed by atoms with Crippen molar-refractivity contribution in [3.63, 3.8) is 0 Å². The van der Waals surface area contributed by atoms with Crippen molar-refractivity contribution in [3.05, 3.63) is 29.8 Å². The molecule has 27 atom stereocenters. The Morgan fingerprint density at radius 3 is 1.68 bits per heavy atom. The van der Waals surface area contributed by atoms with Gasteiger partial charge in [-0.15, -0.1) is 0 Å². The summed E-state index contributed by atoms with van der Waals surface area (Å²) in [6.07, 6.45) is -45.9. The van der Waals surface area contributed by atoms with E-state index in [0.717, 1.165) is 12.5 Å². The fourth-order valence-corrected chi connectivity index (χ4v) is 10.0. The number of nitrogens with one attached hydrogen (secondary N) is 1. The summed E-state index contributed by atoms with van der Waals surface area (Å²) in [6, 6.07) is 4.67. The van der Waals surface area contributed by atoms with Crippen molar-refractivity contribution in [2.75, 3.05) is 33.0 Å². The van der Waals surface area contributed by atoms with E-state index in [9.17, 15) is 101 Å². The second kappa shape index (κ2) is 26.6. The van der Waals surface area contributed by atoms with Gasteiger partial charge in [0, 0.05) is 31.6 Å². The van der Waals surface area contributed by atoms with Crippen LogP contribution in [0.3, 0.4) is 0 Å². The number of hydrogen-bond acceptors (Lipinski definition) is 28. The maximum absolute atomic E-state index is 13.7. The van der Waals surface area contributed by atoms with Crippen molar-refractivity contribution < 1.29 is 149 Å². The number of ether oxygens (including phenoxy) is 10. The molecule has 5 aliphatic heterocycles. The number of amides is 1. The summed E-state index contributed by atoms with van der Waals surface area (Å²) in [6.45, 7) is -0.150. The second-order valence-corrected chi connectivity index (χ2v) is 20.2. The van der Waals surface area contributed by atoms with Crippen molar-refractivity contribution in [1.29, 1.82) is 0 Å². The number of carboxylic acid groups (broad SMARTS) is 2. The topological polar surface area (TPSA) is 499 Å². The van der Waals surface area contributed by atoms with E-state index in [-0.39, 0.29) is 5.75 Å². The normalized spacial score (nSPS) is 42.9. The van der Waals surface area contributed by atoms with Gasteiger partial charge in [0.25, 0.3) is 11.6 Å². The molecule has 446 valence electrons. The van der Waals surface area contributed by atoms with Gasteiger partial charge in [-0.1, -0.05) is 31.5 Å². The third-order valence-corrected chi connectivity index (χ3v) is 14.7. The molecule has 0 radical (unpaired) electrons. The van der Waals surface area contributed by atoms with Gasteiger partial charge in [0.05, 0.1) is 57.5 Å². The summed E-state index contributed by atoms with van der Waals surface area (Å²) in [5.41, 5.74) is 0.849. The number of aliphatic carboxylic acids is 2. The molecular formula is C47H73NO30. The summed E-state index contributed by atoms with van der Waals surface area (Å²) in [5, 5.41) is 188. The van der Waals surface area contributed by atoms with Crippen molar-refractivity contribution in [2.24, 2.45) is 11.8 Å². The summed E-state index contributed by atoms with van der Waals surface area (Å²) >= 11 is 0. The first kappa shape index (κ1) is 63.6. The number of hydrogen-bond donors (Lipinski definition) is 18. The molecule has 31 nitrogen and oxygen atoms in total. The van der Waals surface area contributed by atoms with Gasteiger partial charge in [-0.2, -0.15) is 0 Å². The minimum Gasteiger partial charge on any atom is -0.477 e. The van der Waals surface area contributed by atoms with Crippen LogP contribution in [0.2, 0.25) is 0 Å². The van der Waals surface area contributed by atoms with Crippen LogP contribution in [-0.4, -0.2) is 290 Å². The van der Waals surface area contributed by atoms with Crippen LogP contribution in [0.5, 0.6) is 5.75 Å². The highest BCUT2D eigenvalue weighted by molar-refractivity contribution is 5.76. The van der Waals surface area contributed by atoms with Gasteiger partial charge in [-0.05, 0) is 19.1 Å². The van der Waals surface area contributed by atoms with E-state index in [1.165, 1.54) is 26.0 Å². The summed E-state index contributed by atoms with van der Waals surface area (Å²) in [4.78, 5) is 39.1. The second-order valence-electron chi connectivity index (χ2n) is 20.2. The average molecular weight is 1130 g/mol. The van der Waals surface area contributed by atoms with E-state index in [1.54, 1.807) is 19.1 Å². The third-order valence-electron chi connectivity index (χ3n) is 14.7. The lowest BCUT2D eigenvalue weighted by Crippen LogP contribution is -2.70. The van der Waals surface area contributed by atoms with Crippen LogP contribution >= 0.6 is 0 Å². The molecular weight excluding hydrogens is 1060 g/mol. The van der Waals surface area contributed by atoms with Gasteiger partial charge >= 0.3 is 11.9 Å². The minimum atomic E-state index is -3.33. The van der Waals surface area contributed by atoms with Crippen LogP contribution in [0, 0.1) is 18.8 Å². The van der Waals surface area contributed by atoms with Gasteiger partial charge in [-0.3, -0.25) is 4.79 Å². The number of aliphatic hydroxyl groups excluding tert-OH is 15. The Hall–Kier alpha value is -3.53. The SMILES string of the molecule is CC(=O)NC1C(OC2C(CO)OC(OC3C(CO)OC(Oc4ccc(C)cc4)C(O)C3O)C(O)C2OC2(C(=O)O)CC(O)C(C)C([C@H](O)C(CO)OC3(C(=O)O)CC(O)C(C)C([C@H](O)[C@H](O)CO)O3)O2)OC(CO)C(O)C1O. The lowest BCUT2D eigenvalue weighted by atomic mass is 9.83. The number of carbonyl (C=O) groups is 3. The molecule has 5 heterocycles. The molecule has 1 amide bonds. The minimum absolute atomic E-state index is 0.180. The van der Waals surface area contributed by atoms with Crippen LogP contribution in [0.25, 0.3) is 0 Å². The molecule has 0 aromatic heterocycles. The molecule has 0 saturated carbocycles. The van der Waals surface area contributed by atoms with Gasteiger partial charge in [0.1, 0.15) is 103 Å². The lowest BCUT2D eigenvalue weighted by Gasteiger charge is -2.52. The maximum atomic E-state index is 13.7. The molecule has 1 aromatic carbocycles. The van der Waals surface area contributed by atoms with Gasteiger partial charge < -0.3 is 139 Å². The first-order chi connectivity index (χ1) is 36.7. The fraction of sp³-hybridized carbons (Fsp3) is 0.809. The molecule has 6 rings (SSSR count). The standard InChI is InChI=1S/C47H73NO30/c1-16-5-7-20(8-6-16)69-42-34(63)33(62)38(26(14-52)71-42)73-43-35(64)40(39(27(15-53)72-43)74-41-28(48-19(4)54)32(61)30(59)24(12-50)70-41)78-47(45(67)68)10-22(56)18(3)37(77-47)31(60)25(13-51)75-46(44(65)66)9-21(55)17(2)36(76-46)29(58)23(57)11-49/h5-8,17-18,21-43,49-53,55-64H,9-15H2,1-4H3,(H,48,54)(H,65,66)(H,67,68)/t17?,18?,21?,22?,23-,24?,25?,26?,27?,28?,29-,30?,31-,32?,33?,34?,35?,36?,37?,38?,39?,40?,41?,42?,43?,46?,47?/m1/s1. The van der Waals surface area contributed by atoms with E-state index in [1.807, 2.05) is 0 Å². The van der Waals surface area contributed by atoms with Crippen LogP contribution in [-0.2, 0) is 57.0 Å². The van der Waals surface area contributed by atoms with Crippen LogP contribution < -0.4 is 10.1 Å². The molecule has 1 aromatic rings. The summed E-state index contributed by atoms with van der Waals surface area (Å²) in [5.74, 6) is -13.7. The zero-order valence-electron chi connectivity index (χ0n) is 42.6. The third kappa shape index (κ3) is 13.4. The molecule has 5 fully saturated rings. The quantitative estimate of drug-likeness (QED) is 0.0513. The van der Waals surface area contributed by atoms with E-state index in [4.69, 9.17) is 47.4 Å². The Kier molecular flexibility index (Phi) is 21.7. The number of rotatable bonds is 22. The smallest absolute Gasteiger partial charge is 0.364 e. The van der Waals surface area contributed by atoms with Crippen molar-refractivity contribution in [2.45, 2.75) is 193 Å². The van der Waals surface area contributed by atoms with Gasteiger partial charge in [0.2, 0.25) is 12.2 Å². The Morgan fingerprint density at radius 1 is 0.628 bits per heavy atom. The molecule has 5 saturated heterocycles. The highest BCUT2D eigenvalue weighted by atomic mass is 16.8. The summed E-state index contributed by atoms with van der Waals surface area (Å²) in [7, 11) is 0. The van der Waals surface area contributed by atoms with Crippen LogP contribution in [0.4, 0.5) is 0 Å². The molecule has 0 aliphatic carbocycles. The first-order valence-electron chi connectivity index (χ1n) is 25.0. The van der Waals surface area contributed by atoms with E-state index < -0.39 is 228 Å². The van der Waals surface area contributed by atoms with Crippen molar-refractivity contribution in [3.8, 4) is 5.75 Å². The predicted octanol–water partition coefficient (Wildman–Crippen LogP) is -8.42. The largest absolute Gasteiger partial charge is 0.477 e. The lowest BCUT2D eigenvalue weighted by molar-refractivity contribution is -0.402. The highest BCUT2D eigenvalue weighted by Crippen LogP contribution is 2.43. The number of benzene rings is 1. The monoisotopic (exact) mass is 1130 g/mol. The predicted molar refractivity (Wildman–Crippen MR) is 248 cm³/mol. The zero-order chi connectivity index (χ0) is 57.9. The van der Waals surface area contributed by atoms with E-state index in [2.05, 4.69) is 5.32 Å². The summed E-state index contributed by atoms with van der Waals surface area (Å²) < 4.78 is 58.7. The molecule has 5 aliphatic rings. The first-order valence-corrected chi connectivity index (χ1v) is 25.0. The van der Waals surface area contributed by atoms with Crippen molar-refractivity contribution in [1.82, 2.24) is 5.32 Å². The zero-order valence-corrected chi connectivity index (χ0v) is 42.6. The molecule has 18 N–H and O–H groups in total. The molecule has 0 bridgehead atoms. The van der Waals surface area contributed by atoms with Crippen molar-refractivity contribution >= 4 is 17.8 Å². The molecule has 24 unspecified atom stereocenters. The Bertz CT molecular complexity index is 2110. The molecule has 0 spiro atoms. The van der Waals surface area contributed by atoms with E-state index >= 15 is 0 Å². The fourth-order valence-electron chi connectivity index (χ4n) is 10.0. The Labute approximate surface area is 444 Å². The molecule has 78 heavy (non-hydrogen) atoms. The average Bonchev–Trinajstić information content (AvgIpc) is 3.48.